The van der Waals surface area contributed by atoms with E-state index in [-0.39, 0.29) is 30.8 Å². The largest absolute Gasteiger partial charge is 0.347 e. The maximum atomic E-state index is 12.6. The van der Waals surface area contributed by atoms with E-state index in [4.69, 9.17) is 0 Å². The van der Waals surface area contributed by atoms with E-state index < -0.39 is 0 Å². The lowest BCUT2D eigenvalue weighted by Crippen LogP contribution is -2.44. The third kappa shape index (κ3) is 19.1. The second-order valence-corrected chi connectivity index (χ2v) is 9.88. The highest BCUT2D eigenvalue weighted by atomic mass is 16.2. The van der Waals surface area contributed by atoms with Gasteiger partial charge in [0.2, 0.25) is 17.7 Å². The molecular formula is C25H51N4O3+. The molecule has 0 aromatic carbocycles. The molecule has 0 heterocycles. The van der Waals surface area contributed by atoms with Crippen LogP contribution in [0.15, 0.2) is 0 Å². The zero-order valence-corrected chi connectivity index (χ0v) is 21.6. The number of carbonyl (C=O) groups excluding carboxylic acids is 3. The van der Waals surface area contributed by atoms with Crippen molar-refractivity contribution in [1.29, 1.82) is 0 Å². The zero-order valence-electron chi connectivity index (χ0n) is 21.6. The monoisotopic (exact) mass is 455 g/mol. The molecule has 0 rings (SSSR count). The number of unbranched alkanes of at least 4 members (excludes halogenated alkanes) is 8. The Kier molecular flexibility index (Phi) is 17.9. The van der Waals surface area contributed by atoms with E-state index in [9.17, 15) is 14.4 Å². The minimum absolute atomic E-state index is 0.00130. The summed E-state index contributed by atoms with van der Waals surface area (Å²) in [6.45, 7) is 6.88. The molecule has 32 heavy (non-hydrogen) atoms. The summed E-state index contributed by atoms with van der Waals surface area (Å²) in [6.07, 6.45) is 12.3. The highest BCUT2D eigenvalue weighted by Gasteiger charge is 2.14. The first-order chi connectivity index (χ1) is 15.2. The van der Waals surface area contributed by atoms with E-state index in [0.29, 0.717) is 6.42 Å². The molecule has 0 radical (unpaired) electrons. The number of rotatable bonds is 20. The molecule has 0 atom stereocenters. The summed E-state index contributed by atoms with van der Waals surface area (Å²) in [5, 5.41) is 5.33. The number of nitrogens with one attached hydrogen (secondary N) is 2. The van der Waals surface area contributed by atoms with Crippen molar-refractivity contribution in [2.24, 2.45) is 0 Å². The van der Waals surface area contributed by atoms with Crippen molar-refractivity contribution < 1.29 is 18.9 Å². The molecule has 0 bridgehead atoms. The standard InChI is InChI=1S/C25H50N4O3/c1-6-8-10-14-18-28(19-15-11-9-7-2)25(32)22-27-24(31)21-26-23(30)17-13-12-16-20-29(3,4)5/h6-22H2,1-5H3,(H-,26,27,30,31)/p+1. The predicted molar refractivity (Wildman–Crippen MR) is 132 cm³/mol. The molecule has 3 amide bonds. The lowest BCUT2D eigenvalue weighted by atomic mass is 10.1. The van der Waals surface area contributed by atoms with Gasteiger partial charge < -0.3 is 20.0 Å². The molecule has 0 aromatic heterocycles. The van der Waals surface area contributed by atoms with Gasteiger partial charge in [0.05, 0.1) is 40.8 Å². The SMILES string of the molecule is CCCCCCN(CCCCCC)C(=O)CNC(=O)CNC(=O)CCCCC[N+](C)(C)C. The van der Waals surface area contributed by atoms with Crippen LogP contribution in [0.4, 0.5) is 0 Å². The Morgan fingerprint density at radius 1 is 0.656 bits per heavy atom. The van der Waals surface area contributed by atoms with Gasteiger partial charge in [-0.05, 0) is 32.1 Å². The van der Waals surface area contributed by atoms with Crippen molar-refractivity contribution in [1.82, 2.24) is 15.5 Å². The summed E-state index contributed by atoms with van der Waals surface area (Å²) in [6, 6.07) is 0. The van der Waals surface area contributed by atoms with Crippen molar-refractivity contribution in [2.75, 3.05) is 53.9 Å². The first-order valence-electron chi connectivity index (χ1n) is 12.8. The third-order valence-electron chi connectivity index (χ3n) is 5.53. The number of quaternary nitrogens is 1. The normalized spacial score (nSPS) is 11.3. The number of hydrogen-bond acceptors (Lipinski definition) is 3. The van der Waals surface area contributed by atoms with Gasteiger partial charge >= 0.3 is 0 Å². The van der Waals surface area contributed by atoms with Crippen molar-refractivity contribution in [3.8, 4) is 0 Å². The smallest absolute Gasteiger partial charge is 0.241 e. The fourth-order valence-electron chi connectivity index (χ4n) is 3.48. The minimum atomic E-state index is -0.311. The van der Waals surface area contributed by atoms with E-state index in [1.807, 2.05) is 4.90 Å². The highest BCUT2D eigenvalue weighted by molar-refractivity contribution is 5.88. The van der Waals surface area contributed by atoms with Crippen LogP contribution in [0.25, 0.3) is 0 Å². The lowest BCUT2D eigenvalue weighted by molar-refractivity contribution is -0.870. The predicted octanol–water partition coefficient (Wildman–Crippen LogP) is 3.47. The summed E-state index contributed by atoms with van der Waals surface area (Å²) in [4.78, 5) is 38.5. The molecule has 0 fully saturated rings. The summed E-state index contributed by atoms with van der Waals surface area (Å²) in [7, 11) is 6.48. The average molecular weight is 456 g/mol. The second-order valence-electron chi connectivity index (χ2n) is 9.88. The van der Waals surface area contributed by atoms with Crippen LogP contribution in [-0.4, -0.2) is 81.0 Å². The van der Waals surface area contributed by atoms with Gasteiger partial charge in [-0.1, -0.05) is 52.4 Å². The van der Waals surface area contributed by atoms with Gasteiger partial charge in [-0.2, -0.15) is 0 Å². The zero-order chi connectivity index (χ0) is 24.2. The minimum Gasteiger partial charge on any atom is -0.347 e. The number of nitrogens with zero attached hydrogens (tertiary/aromatic N) is 2. The Morgan fingerprint density at radius 2 is 1.19 bits per heavy atom. The van der Waals surface area contributed by atoms with Crippen molar-refractivity contribution in [3.05, 3.63) is 0 Å². The summed E-state index contributed by atoms with van der Waals surface area (Å²) >= 11 is 0. The molecule has 0 saturated carbocycles. The van der Waals surface area contributed by atoms with Gasteiger partial charge in [0.1, 0.15) is 0 Å². The molecule has 0 saturated heterocycles. The maximum Gasteiger partial charge on any atom is 0.241 e. The third-order valence-corrected chi connectivity index (χ3v) is 5.53. The number of amides is 3. The Balaban J connectivity index is 4.13. The topological polar surface area (TPSA) is 78.5 Å². The summed E-state index contributed by atoms with van der Waals surface area (Å²) in [5.41, 5.74) is 0. The Hall–Kier alpha value is -1.63. The molecule has 7 heteroatoms. The van der Waals surface area contributed by atoms with Gasteiger partial charge in [-0.25, -0.2) is 0 Å². The first-order valence-corrected chi connectivity index (χ1v) is 12.8. The summed E-state index contributed by atoms with van der Waals surface area (Å²) in [5.74, 6) is -0.450. The van der Waals surface area contributed by atoms with Gasteiger partial charge in [-0.3, -0.25) is 14.4 Å². The Labute approximate surface area is 197 Å². The van der Waals surface area contributed by atoms with Crippen molar-refractivity contribution >= 4 is 17.7 Å². The Bertz CT molecular complexity index is 506. The quantitative estimate of drug-likeness (QED) is 0.218. The fraction of sp³-hybridized carbons (Fsp3) is 0.880. The number of hydrogen-bond donors (Lipinski definition) is 2. The van der Waals surface area contributed by atoms with Gasteiger partial charge in [0.25, 0.3) is 0 Å². The van der Waals surface area contributed by atoms with Gasteiger partial charge in [0, 0.05) is 19.5 Å². The van der Waals surface area contributed by atoms with E-state index in [2.05, 4.69) is 45.6 Å². The van der Waals surface area contributed by atoms with Crippen LogP contribution in [0.3, 0.4) is 0 Å². The Morgan fingerprint density at radius 3 is 1.72 bits per heavy atom. The fourth-order valence-corrected chi connectivity index (χ4v) is 3.48. The molecule has 0 unspecified atom stereocenters. The lowest BCUT2D eigenvalue weighted by Gasteiger charge is -2.23. The molecule has 7 nitrogen and oxygen atoms in total. The second kappa shape index (κ2) is 18.9. The van der Waals surface area contributed by atoms with E-state index in [1.165, 1.54) is 25.7 Å². The van der Waals surface area contributed by atoms with Crippen molar-refractivity contribution in [3.63, 3.8) is 0 Å². The van der Waals surface area contributed by atoms with E-state index in [1.54, 1.807) is 0 Å². The number of carbonyl (C=O) groups is 3. The van der Waals surface area contributed by atoms with Gasteiger partial charge in [0.15, 0.2) is 0 Å². The van der Waals surface area contributed by atoms with Crippen LogP contribution in [0.5, 0.6) is 0 Å². The van der Waals surface area contributed by atoms with Crippen LogP contribution in [0.2, 0.25) is 0 Å². The highest BCUT2D eigenvalue weighted by Crippen LogP contribution is 2.06. The van der Waals surface area contributed by atoms with Crippen LogP contribution in [0, 0.1) is 0 Å². The molecule has 188 valence electrons. The van der Waals surface area contributed by atoms with Crippen LogP contribution < -0.4 is 10.6 Å². The van der Waals surface area contributed by atoms with E-state index >= 15 is 0 Å². The summed E-state index contributed by atoms with van der Waals surface area (Å²) < 4.78 is 0.931. The van der Waals surface area contributed by atoms with Crippen LogP contribution in [-0.2, 0) is 14.4 Å². The maximum absolute atomic E-state index is 12.6. The molecule has 0 spiro atoms. The average Bonchev–Trinajstić information content (AvgIpc) is 2.73. The van der Waals surface area contributed by atoms with E-state index in [0.717, 1.165) is 69.1 Å². The molecule has 0 aliphatic heterocycles. The molecular weight excluding hydrogens is 404 g/mol. The van der Waals surface area contributed by atoms with Crippen molar-refractivity contribution in [2.45, 2.75) is 90.9 Å². The van der Waals surface area contributed by atoms with Crippen LogP contribution in [0.1, 0.15) is 90.9 Å². The van der Waals surface area contributed by atoms with Gasteiger partial charge in [-0.15, -0.1) is 0 Å². The first kappa shape index (κ1) is 30.4. The van der Waals surface area contributed by atoms with Crippen LogP contribution >= 0.6 is 0 Å². The molecule has 0 aliphatic carbocycles. The molecule has 0 aromatic rings. The molecule has 0 aliphatic rings. The molecule has 2 N–H and O–H groups in total.